The summed E-state index contributed by atoms with van der Waals surface area (Å²) in [4.78, 5) is 22.8. The second-order valence-electron chi connectivity index (χ2n) is 12.1. The van der Waals surface area contributed by atoms with Crippen LogP contribution in [-0.4, -0.2) is 53.5 Å². The van der Waals surface area contributed by atoms with Crippen molar-refractivity contribution < 1.29 is 9.53 Å². The summed E-state index contributed by atoms with van der Waals surface area (Å²) in [6.45, 7) is 6.02. The van der Waals surface area contributed by atoms with Crippen molar-refractivity contribution in [3.05, 3.63) is 66.0 Å². The van der Waals surface area contributed by atoms with Crippen LogP contribution in [0.5, 0.6) is 0 Å². The van der Waals surface area contributed by atoms with E-state index in [0.29, 0.717) is 17.3 Å². The van der Waals surface area contributed by atoms with E-state index in [1.807, 2.05) is 17.7 Å². The molecule has 220 valence electrons. The molecule has 8 heteroatoms. The molecular weight excluding hydrogens is 536 g/mol. The maximum absolute atomic E-state index is 13.1. The van der Waals surface area contributed by atoms with Gasteiger partial charge in [0.2, 0.25) is 0 Å². The van der Waals surface area contributed by atoms with Gasteiger partial charge in [-0.05, 0) is 93.0 Å². The molecule has 43 heavy (non-hydrogen) atoms. The van der Waals surface area contributed by atoms with Gasteiger partial charge in [0.05, 0.1) is 29.4 Å². The number of rotatable bonds is 7. The van der Waals surface area contributed by atoms with E-state index >= 15 is 0 Å². The lowest BCUT2D eigenvalue weighted by molar-refractivity contribution is 0.0520. The first-order valence-corrected chi connectivity index (χ1v) is 15.8. The lowest BCUT2D eigenvalue weighted by Crippen LogP contribution is -2.33. The van der Waals surface area contributed by atoms with Crippen molar-refractivity contribution >= 4 is 28.4 Å². The summed E-state index contributed by atoms with van der Waals surface area (Å²) in [6.07, 6.45) is 7.64. The molecule has 2 aromatic heterocycles. The minimum absolute atomic E-state index is 0.152. The van der Waals surface area contributed by atoms with Crippen LogP contribution in [0.25, 0.3) is 27.8 Å². The molecule has 0 unspecified atom stereocenters. The van der Waals surface area contributed by atoms with E-state index in [1.54, 1.807) is 0 Å². The summed E-state index contributed by atoms with van der Waals surface area (Å²) in [7, 11) is 0. The molecule has 2 aliphatic heterocycles. The third kappa shape index (κ3) is 5.22. The van der Waals surface area contributed by atoms with Crippen LogP contribution in [0.2, 0.25) is 0 Å². The van der Waals surface area contributed by atoms with Gasteiger partial charge in [-0.1, -0.05) is 24.6 Å². The van der Waals surface area contributed by atoms with Gasteiger partial charge in [0.25, 0.3) is 0 Å². The van der Waals surface area contributed by atoms with Gasteiger partial charge in [0.15, 0.2) is 11.3 Å². The summed E-state index contributed by atoms with van der Waals surface area (Å²) in [6, 6.07) is 21.5. The van der Waals surface area contributed by atoms with Crippen molar-refractivity contribution in [3.63, 3.8) is 0 Å². The molecule has 0 amide bonds. The van der Waals surface area contributed by atoms with Crippen molar-refractivity contribution in [2.45, 2.75) is 57.8 Å². The van der Waals surface area contributed by atoms with E-state index in [2.05, 4.69) is 64.4 Å². The molecule has 1 aliphatic carbocycles. The van der Waals surface area contributed by atoms with Crippen LogP contribution in [-0.2, 0) is 4.74 Å². The number of esters is 1. The van der Waals surface area contributed by atoms with Crippen LogP contribution < -0.4 is 9.80 Å². The number of hydrogen-bond donors (Lipinski definition) is 0. The lowest BCUT2D eigenvalue weighted by atomic mass is 9.81. The second-order valence-corrected chi connectivity index (χ2v) is 12.1. The molecule has 4 heterocycles. The normalized spacial score (nSPS) is 17.7. The van der Waals surface area contributed by atoms with Gasteiger partial charge in [0, 0.05) is 49.4 Å². The van der Waals surface area contributed by atoms with Crippen molar-refractivity contribution in [2.75, 3.05) is 42.6 Å². The van der Waals surface area contributed by atoms with E-state index in [0.717, 1.165) is 85.4 Å². The summed E-state index contributed by atoms with van der Waals surface area (Å²) >= 11 is 0. The monoisotopic (exact) mass is 574 g/mol. The van der Waals surface area contributed by atoms with Crippen LogP contribution >= 0.6 is 0 Å². The largest absolute Gasteiger partial charge is 0.461 e. The van der Waals surface area contributed by atoms with Crippen LogP contribution in [0, 0.1) is 17.2 Å². The zero-order chi connectivity index (χ0) is 29.3. The lowest BCUT2D eigenvalue weighted by Gasteiger charge is -2.31. The molecule has 8 nitrogen and oxygen atoms in total. The maximum atomic E-state index is 13.1. The molecule has 0 bridgehead atoms. The Labute approximate surface area is 252 Å². The van der Waals surface area contributed by atoms with Gasteiger partial charge in [-0.2, -0.15) is 10.4 Å². The maximum Gasteiger partial charge on any atom is 0.357 e. The number of pyridine rings is 1. The minimum Gasteiger partial charge on any atom is -0.461 e. The smallest absolute Gasteiger partial charge is 0.357 e. The number of hydrogen-bond acceptors (Lipinski definition) is 7. The van der Waals surface area contributed by atoms with E-state index in [4.69, 9.17) is 14.8 Å². The first-order chi connectivity index (χ1) is 21.1. The number of nitriles is 1. The average Bonchev–Trinajstić information content (AvgIpc) is 3.70. The Morgan fingerprint density at radius 3 is 2.30 bits per heavy atom. The summed E-state index contributed by atoms with van der Waals surface area (Å²) in [5, 5.41) is 15.6. The summed E-state index contributed by atoms with van der Waals surface area (Å²) in [5.41, 5.74) is 7.35. The highest BCUT2D eigenvalue weighted by molar-refractivity contribution is 6.01. The zero-order valence-corrected chi connectivity index (χ0v) is 24.8. The highest BCUT2D eigenvalue weighted by Crippen LogP contribution is 2.43. The standard InChI is InChI=1S/C35H38N6O2/c1-2-43-35(42)31-22-30(25-11-13-27(14-12-25)40-19-15-24(23-36)16-20-40)32-33(26-7-5-8-26)38-41(34(32)37-31)29-10-6-9-28(21-29)39-17-3-4-18-39/h6,9-14,21-22,24,26H,2-5,7-8,15-20H2,1H3. The number of fused-ring (bicyclic) bond motifs is 1. The van der Waals surface area contributed by atoms with Crippen molar-refractivity contribution in [1.29, 1.82) is 5.26 Å². The molecule has 0 atom stereocenters. The predicted molar refractivity (Wildman–Crippen MR) is 169 cm³/mol. The topological polar surface area (TPSA) is 87.3 Å². The zero-order valence-electron chi connectivity index (χ0n) is 24.8. The first kappa shape index (κ1) is 27.5. The van der Waals surface area contributed by atoms with Crippen molar-refractivity contribution in [2.24, 2.45) is 5.92 Å². The number of nitrogens with zero attached hydrogens (tertiary/aromatic N) is 6. The van der Waals surface area contributed by atoms with Crippen LogP contribution in [0.3, 0.4) is 0 Å². The number of benzene rings is 2. The third-order valence-electron chi connectivity index (χ3n) is 9.41. The Balaban J connectivity index is 1.35. The highest BCUT2D eigenvalue weighted by atomic mass is 16.5. The molecule has 2 saturated heterocycles. The fourth-order valence-corrected chi connectivity index (χ4v) is 6.74. The SMILES string of the molecule is CCOC(=O)c1cc(-c2ccc(N3CCC(C#N)CC3)cc2)c2c(C3CCC3)nn(-c3cccc(N4CCCC4)c3)c2n1. The molecule has 1 saturated carbocycles. The van der Waals surface area contributed by atoms with Gasteiger partial charge in [-0.25, -0.2) is 14.5 Å². The van der Waals surface area contributed by atoms with E-state index in [-0.39, 0.29) is 12.5 Å². The van der Waals surface area contributed by atoms with E-state index in [9.17, 15) is 10.1 Å². The van der Waals surface area contributed by atoms with Crippen molar-refractivity contribution in [1.82, 2.24) is 14.8 Å². The number of carbonyl (C=O) groups is 1. The van der Waals surface area contributed by atoms with Crippen LogP contribution in [0.4, 0.5) is 11.4 Å². The summed E-state index contributed by atoms with van der Waals surface area (Å²) in [5.74, 6) is 0.103. The first-order valence-electron chi connectivity index (χ1n) is 15.8. The Morgan fingerprint density at radius 1 is 0.907 bits per heavy atom. The molecule has 7 rings (SSSR count). The van der Waals surface area contributed by atoms with E-state index < -0.39 is 5.97 Å². The minimum atomic E-state index is -0.425. The Morgan fingerprint density at radius 2 is 1.63 bits per heavy atom. The molecule has 0 N–H and O–H groups in total. The molecule has 3 aliphatic rings. The Kier molecular flexibility index (Phi) is 7.48. The van der Waals surface area contributed by atoms with Crippen LogP contribution in [0.15, 0.2) is 54.6 Å². The molecule has 0 spiro atoms. The number of carbonyl (C=O) groups excluding carboxylic acids is 1. The number of piperidine rings is 1. The van der Waals surface area contributed by atoms with Gasteiger partial charge in [0.1, 0.15) is 0 Å². The second kappa shape index (κ2) is 11.7. The summed E-state index contributed by atoms with van der Waals surface area (Å²) < 4.78 is 7.38. The quantitative estimate of drug-likeness (QED) is 0.223. The molecule has 3 fully saturated rings. The predicted octanol–water partition coefficient (Wildman–Crippen LogP) is 6.87. The number of ether oxygens (including phenoxy) is 1. The van der Waals surface area contributed by atoms with Crippen LogP contribution in [0.1, 0.15) is 74.0 Å². The van der Waals surface area contributed by atoms with Gasteiger partial charge < -0.3 is 14.5 Å². The van der Waals surface area contributed by atoms with Gasteiger partial charge in [-0.15, -0.1) is 0 Å². The van der Waals surface area contributed by atoms with E-state index in [1.165, 1.54) is 24.9 Å². The fraction of sp³-hybridized carbons (Fsp3) is 0.429. The van der Waals surface area contributed by atoms with Crippen molar-refractivity contribution in [3.8, 4) is 22.9 Å². The number of aromatic nitrogens is 3. The van der Waals surface area contributed by atoms with Gasteiger partial charge in [-0.3, -0.25) is 0 Å². The average molecular weight is 575 g/mol. The molecule has 0 radical (unpaired) electrons. The fourth-order valence-electron chi connectivity index (χ4n) is 6.74. The molecule has 2 aromatic carbocycles. The highest BCUT2D eigenvalue weighted by Gasteiger charge is 2.30. The Hall–Kier alpha value is -4.38. The molecule has 4 aromatic rings. The molecular formula is C35H38N6O2. The van der Waals surface area contributed by atoms with Gasteiger partial charge >= 0.3 is 5.97 Å². The Bertz CT molecular complexity index is 1670. The number of anilines is 2. The third-order valence-corrected chi connectivity index (χ3v) is 9.41.